The molecule has 0 amide bonds. The maximum Gasteiger partial charge on any atom is 0.264 e. The lowest BCUT2D eigenvalue weighted by atomic mass is 10.2. The van der Waals surface area contributed by atoms with Crippen LogP contribution < -0.4 is 4.72 Å². The average molecular weight is 323 g/mol. The van der Waals surface area contributed by atoms with Gasteiger partial charge < -0.3 is 5.11 Å². The van der Waals surface area contributed by atoms with E-state index in [1.807, 2.05) is 0 Å². The third kappa shape index (κ3) is 3.95. The smallest absolute Gasteiger partial charge is 0.264 e. The Morgan fingerprint density at radius 1 is 1.24 bits per heavy atom. The molecule has 0 unspecified atom stereocenters. The molecule has 0 bridgehead atoms. The van der Waals surface area contributed by atoms with Gasteiger partial charge in [-0.15, -0.1) is 0 Å². The van der Waals surface area contributed by atoms with Crippen molar-refractivity contribution < 1.29 is 13.5 Å². The molecule has 1 aromatic carbocycles. The Morgan fingerprint density at radius 3 is 2.67 bits per heavy atom. The minimum Gasteiger partial charge on any atom is -0.384 e. The number of anilines is 1. The number of hydrogen-bond donors (Lipinski definition) is 2. The first-order chi connectivity index (χ1) is 10.0. The SMILES string of the molecule is O=S(=O)(Nc1ccc(Cl)cn1)c1ccccc1C#CCO. The topological polar surface area (TPSA) is 79.3 Å². The molecule has 108 valence electrons. The van der Waals surface area contributed by atoms with Crippen LogP contribution in [0.1, 0.15) is 5.56 Å². The zero-order valence-corrected chi connectivity index (χ0v) is 12.3. The third-order valence-electron chi connectivity index (χ3n) is 2.45. The molecule has 21 heavy (non-hydrogen) atoms. The van der Waals surface area contributed by atoms with Crippen molar-refractivity contribution in [1.82, 2.24) is 4.98 Å². The molecule has 0 saturated heterocycles. The van der Waals surface area contributed by atoms with Gasteiger partial charge in [-0.2, -0.15) is 0 Å². The van der Waals surface area contributed by atoms with Gasteiger partial charge in [-0.25, -0.2) is 13.4 Å². The highest BCUT2D eigenvalue weighted by Gasteiger charge is 2.18. The van der Waals surface area contributed by atoms with E-state index >= 15 is 0 Å². The monoisotopic (exact) mass is 322 g/mol. The highest BCUT2D eigenvalue weighted by molar-refractivity contribution is 7.92. The molecule has 0 aliphatic rings. The van der Waals surface area contributed by atoms with Gasteiger partial charge in [0.2, 0.25) is 0 Å². The molecule has 7 heteroatoms. The van der Waals surface area contributed by atoms with Gasteiger partial charge in [0.1, 0.15) is 17.3 Å². The number of hydrogen-bond acceptors (Lipinski definition) is 4. The van der Waals surface area contributed by atoms with E-state index in [0.29, 0.717) is 10.6 Å². The van der Waals surface area contributed by atoms with Gasteiger partial charge in [0, 0.05) is 11.8 Å². The molecule has 1 heterocycles. The molecule has 0 spiro atoms. The zero-order valence-electron chi connectivity index (χ0n) is 10.7. The van der Waals surface area contributed by atoms with E-state index in [9.17, 15) is 8.42 Å². The molecular formula is C14H11ClN2O3S. The lowest BCUT2D eigenvalue weighted by Gasteiger charge is -2.08. The molecular weight excluding hydrogens is 312 g/mol. The number of benzene rings is 1. The van der Waals surface area contributed by atoms with E-state index in [-0.39, 0.29) is 17.3 Å². The summed E-state index contributed by atoms with van der Waals surface area (Å²) in [4.78, 5) is 3.90. The summed E-state index contributed by atoms with van der Waals surface area (Å²) in [6.07, 6.45) is 1.34. The molecule has 0 saturated carbocycles. The fraction of sp³-hybridized carbons (Fsp3) is 0.0714. The lowest BCUT2D eigenvalue weighted by molar-refractivity contribution is 0.350. The fourth-order valence-corrected chi connectivity index (χ4v) is 2.85. The summed E-state index contributed by atoms with van der Waals surface area (Å²) >= 11 is 5.70. The Labute approximate surface area is 127 Å². The normalized spacial score (nSPS) is 10.6. The van der Waals surface area contributed by atoms with Crippen molar-refractivity contribution >= 4 is 27.4 Å². The Bertz CT molecular complexity index is 793. The maximum absolute atomic E-state index is 12.4. The van der Waals surface area contributed by atoms with Crippen LogP contribution in [0.3, 0.4) is 0 Å². The van der Waals surface area contributed by atoms with Crippen molar-refractivity contribution in [2.45, 2.75) is 4.90 Å². The number of aliphatic hydroxyl groups excluding tert-OH is 1. The van der Waals surface area contributed by atoms with Gasteiger partial charge in [0.15, 0.2) is 0 Å². The molecule has 0 radical (unpaired) electrons. The van der Waals surface area contributed by atoms with E-state index in [1.54, 1.807) is 18.2 Å². The number of pyridine rings is 1. The third-order valence-corrected chi connectivity index (χ3v) is 4.08. The number of nitrogens with one attached hydrogen (secondary N) is 1. The van der Waals surface area contributed by atoms with Gasteiger partial charge >= 0.3 is 0 Å². The Kier molecular flexibility index (Phi) is 4.81. The largest absolute Gasteiger partial charge is 0.384 e. The number of aromatic nitrogens is 1. The van der Waals surface area contributed by atoms with Gasteiger partial charge in [-0.05, 0) is 24.3 Å². The summed E-state index contributed by atoms with van der Waals surface area (Å²) < 4.78 is 27.1. The molecule has 2 N–H and O–H groups in total. The number of sulfonamides is 1. The Hall–Kier alpha value is -2.07. The fourth-order valence-electron chi connectivity index (χ4n) is 1.57. The number of aliphatic hydroxyl groups is 1. The van der Waals surface area contributed by atoms with Crippen LogP contribution in [-0.2, 0) is 10.0 Å². The predicted molar refractivity (Wildman–Crippen MR) is 80.5 cm³/mol. The Balaban J connectivity index is 2.38. The minimum atomic E-state index is -3.83. The van der Waals surface area contributed by atoms with E-state index in [2.05, 4.69) is 21.5 Å². The first-order valence-corrected chi connectivity index (χ1v) is 7.72. The summed E-state index contributed by atoms with van der Waals surface area (Å²) in [5, 5.41) is 9.13. The summed E-state index contributed by atoms with van der Waals surface area (Å²) in [5.74, 6) is 5.19. The van der Waals surface area contributed by atoms with Gasteiger partial charge in [0.25, 0.3) is 10.0 Å². The second kappa shape index (κ2) is 6.59. The standard InChI is InChI=1S/C14H11ClN2O3S/c15-12-7-8-14(16-10-12)17-21(19,20)13-6-2-1-4-11(13)5-3-9-18/h1-2,4,6-8,10,18H,9H2,(H,16,17). The summed E-state index contributed by atoms with van der Waals surface area (Å²) in [5.41, 5.74) is 0.299. The van der Waals surface area contributed by atoms with E-state index in [4.69, 9.17) is 16.7 Å². The number of halogens is 1. The van der Waals surface area contributed by atoms with Crippen LogP contribution in [-0.4, -0.2) is 25.1 Å². The molecule has 0 atom stereocenters. The number of rotatable bonds is 3. The summed E-state index contributed by atoms with van der Waals surface area (Å²) in [7, 11) is -3.83. The second-order valence-corrected chi connectivity index (χ2v) is 6.01. The van der Waals surface area contributed by atoms with Crippen LogP contribution in [0.2, 0.25) is 5.02 Å². The first-order valence-electron chi connectivity index (χ1n) is 5.86. The van der Waals surface area contributed by atoms with Crippen molar-refractivity contribution in [1.29, 1.82) is 0 Å². The predicted octanol–water partition coefficient (Wildman–Crippen LogP) is 1.88. The van der Waals surface area contributed by atoms with Crippen molar-refractivity contribution in [2.24, 2.45) is 0 Å². The molecule has 5 nitrogen and oxygen atoms in total. The average Bonchev–Trinajstić information content (AvgIpc) is 2.47. The highest BCUT2D eigenvalue weighted by Crippen LogP contribution is 2.18. The van der Waals surface area contributed by atoms with Crippen LogP contribution in [0.25, 0.3) is 0 Å². The first kappa shape index (κ1) is 15.3. The quantitative estimate of drug-likeness (QED) is 0.846. The zero-order chi connectivity index (χ0) is 15.3. The van der Waals surface area contributed by atoms with Gasteiger partial charge in [0.05, 0.1) is 5.02 Å². The second-order valence-electron chi connectivity index (χ2n) is 3.92. The van der Waals surface area contributed by atoms with Gasteiger partial charge in [-0.1, -0.05) is 35.6 Å². The lowest BCUT2D eigenvalue weighted by Crippen LogP contribution is -2.15. The van der Waals surface area contributed by atoms with Crippen LogP contribution in [0.5, 0.6) is 0 Å². The van der Waals surface area contributed by atoms with E-state index in [1.165, 1.54) is 24.4 Å². The van der Waals surface area contributed by atoms with Crippen LogP contribution in [0.4, 0.5) is 5.82 Å². The number of nitrogens with zero attached hydrogens (tertiary/aromatic N) is 1. The molecule has 0 fully saturated rings. The van der Waals surface area contributed by atoms with E-state index < -0.39 is 10.0 Å². The molecule has 2 aromatic rings. The minimum absolute atomic E-state index is 0.0164. The molecule has 2 rings (SSSR count). The highest BCUT2D eigenvalue weighted by atomic mass is 35.5. The van der Waals surface area contributed by atoms with Crippen molar-refractivity contribution in [3.63, 3.8) is 0 Å². The molecule has 1 aromatic heterocycles. The van der Waals surface area contributed by atoms with E-state index in [0.717, 1.165) is 0 Å². The Morgan fingerprint density at radius 2 is 2.00 bits per heavy atom. The van der Waals surface area contributed by atoms with Crippen molar-refractivity contribution in [2.75, 3.05) is 11.3 Å². The van der Waals surface area contributed by atoms with Crippen LogP contribution >= 0.6 is 11.6 Å². The van der Waals surface area contributed by atoms with Gasteiger partial charge in [-0.3, -0.25) is 4.72 Å². The van der Waals surface area contributed by atoms with Crippen LogP contribution in [0, 0.1) is 11.8 Å². The molecule has 0 aliphatic heterocycles. The summed E-state index contributed by atoms with van der Waals surface area (Å²) in [6, 6.07) is 9.24. The maximum atomic E-state index is 12.4. The van der Waals surface area contributed by atoms with Crippen molar-refractivity contribution in [3.05, 3.63) is 53.2 Å². The molecule has 0 aliphatic carbocycles. The summed E-state index contributed by atoms with van der Waals surface area (Å²) in [6.45, 7) is -0.347. The van der Waals surface area contributed by atoms with Crippen molar-refractivity contribution in [3.8, 4) is 11.8 Å². The van der Waals surface area contributed by atoms with Crippen LogP contribution in [0.15, 0.2) is 47.5 Å².